The third kappa shape index (κ3) is 16.9. The van der Waals surface area contributed by atoms with Gasteiger partial charge in [0.1, 0.15) is 36.0 Å². The summed E-state index contributed by atoms with van der Waals surface area (Å²) in [7, 11) is -4.81. The van der Waals surface area contributed by atoms with Gasteiger partial charge in [-0.2, -0.15) is 0 Å². The van der Waals surface area contributed by atoms with Crippen LogP contribution in [0.1, 0.15) is 65.4 Å². The number of amides is 5. The highest BCUT2D eigenvalue weighted by molar-refractivity contribution is 7.46. The minimum absolute atomic E-state index is 0.127. The molecule has 5 amide bonds. The summed E-state index contributed by atoms with van der Waals surface area (Å²) in [6.45, 7) is 5.63. The van der Waals surface area contributed by atoms with Crippen molar-refractivity contribution in [3.8, 4) is 5.75 Å². The van der Waals surface area contributed by atoms with Crippen LogP contribution in [-0.4, -0.2) is 103 Å². The second-order valence-electron chi connectivity index (χ2n) is 11.6. The lowest BCUT2D eigenvalue weighted by atomic mass is 9.96. The molecule has 0 aliphatic heterocycles. The van der Waals surface area contributed by atoms with Crippen LogP contribution in [-0.2, 0) is 49.3 Å². The summed E-state index contributed by atoms with van der Waals surface area (Å²) < 4.78 is 15.5. The van der Waals surface area contributed by atoms with Gasteiger partial charge >= 0.3 is 25.7 Å². The molecule has 0 radical (unpaired) electrons. The molecule has 0 spiro atoms. The number of carboxylic acid groups (broad SMARTS) is 3. The van der Waals surface area contributed by atoms with Crippen LogP contribution in [0.3, 0.4) is 0 Å². The molecule has 284 valence electrons. The molecule has 1 aromatic carbocycles. The van der Waals surface area contributed by atoms with Crippen molar-refractivity contribution in [3.63, 3.8) is 0 Å². The molecule has 10 N–H and O–H groups in total. The molecule has 0 heterocycles. The summed E-state index contributed by atoms with van der Waals surface area (Å²) in [5, 5.41) is 39.3. The quantitative estimate of drug-likeness (QED) is 0.0638. The van der Waals surface area contributed by atoms with Gasteiger partial charge in [0.05, 0.1) is 0 Å². The van der Waals surface area contributed by atoms with E-state index < -0.39 is 117 Å². The maximum absolute atomic E-state index is 13.4. The van der Waals surface area contributed by atoms with Crippen LogP contribution in [0.4, 0.5) is 0 Å². The Morgan fingerprint density at radius 1 is 0.706 bits per heavy atom. The van der Waals surface area contributed by atoms with Gasteiger partial charge in [-0.15, -0.1) is 0 Å². The summed E-state index contributed by atoms with van der Waals surface area (Å²) in [4.78, 5) is 116. The number of carboxylic acids is 3. The van der Waals surface area contributed by atoms with E-state index in [1.54, 1.807) is 13.8 Å². The lowest BCUT2D eigenvalue weighted by molar-refractivity contribution is -0.143. The Balaban J connectivity index is 3.11. The number of aliphatic carboxylic acids is 3. The van der Waals surface area contributed by atoms with Crippen molar-refractivity contribution < 1.29 is 72.6 Å². The largest absolute Gasteiger partial charge is 0.524 e. The third-order valence-corrected chi connectivity index (χ3v) is 7.82. The normalized spacial score (nSPS) is 14.6. The number of phosphoric ester groups is 1. The van der Waals surface area contributed by atoms with Gasteiger partial charge in [0.2, 0.25) is 29.5 Å². The Labute approximate surface area is 292 Å². The van der Waals surface area contributed by atoms with Crippen LogP contribution in [0.25, 0.3) is 0 Å². The van der Waals surface area contributed by atoms with Crippen LogP contribution in [0, 0.1) is 5.92 Å². The van der Waals surface area contributed by atoms with E-state index in [-0.39, 0.29) is 12.2 Å². The van der Waals surface area contributed by atoms with Crippen molar-refractivity contribution in [2.45, 2.75) is 96.4 Å². The summed E-state index contributed by atoms with van der Waals surface area (Å²) in [6, 6.07) is -1.86. The first-order valence-corrected chi connectivity index (χ1v) is 17.2. The predicted octanol–water partition coefficient (Wildman–Crippen LogP) is -0.975. The van der Waals surface area contributed by atoms with Gasteiger partial charge in [-0.1, -0.05) is 32.4 Å². The van der Waals surface area contributed by atoms with Crippen molar-refractivity contribution in [2.75, 3.05) is 0 Å². The molecule has 0 unspecified atom stereocenters. The maximum Gasteiger partial charge on any atom is 0.524 e. The zero-order valence-electron chi connectivity index (χ0n) is 28.3. The van der Waals surface area contributed by atoms with Crippen molar-refractivity contribution in [3.05, 3.63) is 29.8 Å². The van der Waals surface area contributed by atoms with Crippen molar-refractivity contribution in [1.82, 2.24) is 26.6 Å². The van der Waals surface area contributed by atoms with E-state index in [4.69, 9.17) is 14.9 Å². The molecule has 0 bridgehead atoms. The smallest absolute Gasteiger partial charge is 0.481 e. The second-order valence-corrected chi connectivity index (χ2v) is 12.8. The van der Waals surface area contributed by atoms with Gasteiger partial charge < -0.3 is 46.4 Å². The van der Waals surface area contributed by atoms with Crippen LogP contribution in [0.2, 0.25) is 0 Å². The van der Waals surface area contributed by atoms with E-state index in [2.05, 4.69) is 31.1 Å². The monoisotopic (exact) mass is 745 g/mol. The summed E-state index contributed by atoms with van der Waals surface area (Å²) in [5.41, 5.74) is 0.431. The molecule has 1 aromatic rings. The molecule has 0 fully saturated rings. The van der Waals surface area contributed by atoms with E-state index >= 15 is 0 Å². The maximum atomic E-state index is 13.4. The average Bonchev–Trinajstić information content (AvgIpc) is 3.02. The molecule has 0 saturated carbocycles. The molecular weight excluding hydrogens is 701 g/mol. The minimum atomic E-state index is -4.81. The minimum Gasteiger partial charge on any atom is -0.481 e. The van der Waals surface area contributed by atoms with Crippen molar-refractivity contribution >= 4 is 55.3 Å². The highest BCUT2D eigenvalue weighted by Gasteiger charge is 2.33. The molecule has 20 nitrogen and oxygen atoms in total. The number of hydrogen-bond acceptors (Lipinski definition) is 10. The number of nitrogens with one attached hydrogen (secondary N) is 5. The lowest BCUT2D eigenvalue weighted by Crippen LogP contribution is -2.59. The molecule has 0 saturated heterocycles. The van der Waals surface area contributed by atoms with E-state index in [1.165, 1.54) is 31.2 Å². The number of hydrogen-bond donors (Lipinski definition) is 10. The van der Waals surface area contributed by atoms with Crippen LogP contribution >= 0.6 is 7.82 Å². The third-order valence-electron chi connectivity index (χ3n) is 7.37. The zero-order valence-corrected chi connectivity index (χ0v) is 29.2. The number of benzene rings is 1. The van der Waals surface area contributed by atoms with Gasteiger partial charge in [0.15, 0.2) is 0 Å². The van der Waals surface area contributed by atoms with E-state index in [9.17, 15) is 53.1 Å². The Hall–Kier alpha value is -5.07. The topological polar surface area (TPSA) is 324 Å². The fourth-order valence-electron chi connectivity index (χ4n) is 4.47. The second kappa shape index (κ2) is 20.6. The van der Waals surface area contributed by atoms with E-state index in [1.807, 2.05) is 0 Å². The SMILES string of the molecule is CC[C@H](C)[C@H](NC(=O)[C@H](CCC(=O)O)NC(=O)[C@H](C)NC(=O)[C@H](Cc1ccc(OP(=O)(O)O)cc1)NC(C)=O)C(=O)N[C@@H](CCC(=O)O)C(=O)O. The van der Waals surface area contributed by atoms with Gasteiger partial charge in [-0.25, -0.2) is 9.36 Å². The Kier molecular flexibility index (Phi) is 17.7. The number of rotatable bonds is 22. The highest BCUT2D eigenvalue weighted by atomic mass is 31.2. The highest BCUT2D eigenvalue weighted by Crippen LogP contribution is 2.37. The summed E-state index contributed by atoms with van der Waals surface area (Å²) in [5.74, 6) is -9.20. The van der Waals surface area contributed by atoms with E-state index in [0.29, 0.717) is 12.0 Å². The Morgan fingerprint density at radius 2 is 1.22 bits per heavy atom. The van der Waals surface area contributed by atoms with Gasteiger partial charge in [0, 0.05) is 26.2 Å². The van der Waals surface area contributed by atoms with Crippen LogP contribution < -0.4 is 31.1 Å². The van der Waals surface area contributed by atoms with Crippen molar-refractivity contribution in [2.24, 2.45) is 5.92 Å². The van der Waals surface area contributed by atoms with Crippen LogP contribution in [0.5, 0.6) is 5.75 Å². The first-order chi connectivity index (χ1) is 23.6. The van der Waals surface area contributed by atoms with Gasteiger partial charge in [-0.3, -0.25) is 43.3 Å². The number of carbonyl (C=O) groups excluding carboxylic acids is 5. The summed E-state index contributed by atoms with van der Waals surface area (Å²) >= 11 is 0. The zero-order chi connectivity index (χ0) is 39.1. The fourth-order valence-corrected chi connectivity index (χ4v) is 4.87. The lowest BCUT2D eigenvalue weighted by Gasteiger charge is -2.28. The molecule has 0 aromatic heterocycles. The molecule has 1 rings (SSSR count). The predicted molar refractivity (Wildman–Crippen MR) is 175 cm³/mol. The molecule has 21 heteroatoms. The van der Waals surface area contributed by atoms with Crippen molar-refractivity contribution in [1.29, 1.82) is 0 Å². The molecule has 51 heavy (non-hydrogen) atoms. The standard InChI is InChI=1S/C30H44N5O15P/c1-5-15(2)25(29(44)34-21(30(45)46)11-13-24(39)40)35-27(42)20(10-12-23(37)38)33-26(41)16(3)31-28(43)22(32-17(4)36)14-18-6-8-19(9-7-18)50-51(47,48)49/h6-9,15-16,20-22,25H,5,10-14H2,1-4H3,(H,31,43)(H,32,36)(H,33,41)(H,34,44)(H,35,42)(H,37,38)(H,39,40)(H,45,46)(H2,47,48,49)/t15-,16-,20-,21-,22-,25-/m0/s1. The molecule has 0 aliphatic carbocycles. The first kappa shape index (κ1) is 44.0. The molecule has 0 aliphatic rings. The Bertz CT molecular complexity index is 1480. The average molecular weight is 746 g/mol. The van der Waals surface area contributed by atoms with E-state index in [0.717, 1.165) is 6.92 Å². The Morgan fingerprint density at radius 3 is 1.69 bits per heavy atom. The fraction of sp³-hybridized carbons (Fsp3) is 0.533. The first-order valence-electron chi connectivity index (χ1n) is 15.6. The van der Waals surface area contributed by atoms with Gasteiger partial charge in [0.25, 0.3) is 0 Å². The molecular formula is C30H44N5O15P. The number of carbonyl (C=O) groups is 8. The van der Waals surface area contributed by atoms with Gasteiger partial charge in [-0.05, 0) is 43.4 Å². The summed E-state index contributed by atoms with van der Waals surface area (Å²) in [6.07, 6.45) is -1.88. The number of phosphoric acid groups is 1. The van der Waals surface area contributed by atoms with Crippen LogP contribution in [0.15, 0.2) is 24.3 Å². The molecule has 6 atom stereocenters.